The van der Waals surface area contributed by atoms with Crippen molar-refractivity contribution in [3.8, 4) is 5.75 Å². The number of sulfonamides is 1. The Morgan fingerprint density at radius 1 is 1.06 bits per heavy atom. The predicted octanol–water partition coefficient (Wildman–Crippen LogP) is 5.20. The van der Waals surface area contributed by atoms with Gasteiger partial charge in [-0.1, -0.05) is 48.0 Å². The summed E-state index contributed by atoms with van der Waals surface area (Å²) >= 11 is 6.00. The summed E-state index contributed by atoms with van der Waals surface area (Å²) < 4.78 is 73.4. The van der Waals surface area contributed by atoms with Gasteiger partial charge in [0.1, 0.15) is 16.7 Å². The van der Waals surface area contributed by atoms with Crippen molar-refractivity contribution in [3.05, 3.63) is 88.4 Å². The molecule has 0 saturated heterocycles. The molecule has 0 aromatic heterocycles. The first-order valence-electron chi connectivity index (χ1n) is 10.3. The van der Waals surface area contributed by atoms with Crippen molar-refractivity contribution >= 4 is 33.2 Å². The lowest BCUT2D eigenvalue weighted by Crippen LogP contribution is -2.45. The van der Waals surface area contributed by atoms with Crippen LogP contribution in [0.15, 0.2) is 71.6 Å². The Balaban J connectivity index is 1.96. The van der Waals surface area contributed by atoms with Crippen LogP contribution in [0.1, 0.15) is 16.7 Å². The van der Waals surface area contributed by atoms with Crippen LogP contribution in [0.2, 0.25) is 5.02 Å². The lowest BCUT2D eigenvalue weighted by Gasteiger charge is -2.20. The molecule has 0 aliphatic carbocycles. The minimum absolute atomic E-state index is 0.0721. The first kappa shape index (κ1) is 26.5. The number of halogens is 4. The lowest BCUT2D eigenvalue weighted by atomic mass is 10.1. The Morgan fingerprint density at radius 2 is 1.74 bits per heavy atom. The Kier molecular flexibility index (Phi) is 8.09. The molecule has 0 fully saturated rings. The highest BCUT2D eigenvalue weighted by molar-refractivity contribution is 7.89. The molecular weight excluding hydrogens is 505 g/mol. The van der Waals surface area contributed by atoms with E-state index in [-0.39, 0.29) is 27.8 Å². The third-order valence-electron chi connectivity index (χ3n) is 5.06. The van der Waals surface area contributed by atoms with Crippen LogP contribution in [-0.2, 0) is 27.4 Å². The van der Waals surface area contributed by atoms with E-state index in [0.717, 1.165) is 12.1 Å². The monoisotopic (exact) mass is 526 g/mol. The van der Waals surface area contributed by atoms with E-state index < -0.39 is 33.7 Å². The molecule has 0 radical (unpaired) electrons. The summed E-state index contributed by atoms with van der Waals surface area (Å²) in [6, 6.07) is 14.2. The van der Waals surface area contributed by atoms with Crippen LogP contribution < -0.4 is 14.8 Å². The molecule has 3 rings (SSSR count). The summed E-state index contributed by atoms with van der Waals surface area (Å²) in [4.78, 5) is 13.0. The lowest BCUT2D eigenvalue weighted by molar-refractivity contribution is -0.137. The molecule has 2 N–H and O–H groups in total. The van der Waals surface area contributed by atoms with Crippen LogP contribution in [0.5, 0.6) is 5.75 Å². The van der Waals surface area contributed by atoms with E-state index in [1.807, 2.05) is 0 Å². The number of methoxy groups -OCH3 is 1. The molecule has 0 aliphatic heterocycles. The van der Waals surface area contributed by atoms with Gasteiger partial charge in [0.25, 0.3) is 0 Å². The molecule has 0 bridgehead atoms. The van der Waals surface area contributed by atoms with E-state index in [4.69, 9.17) is 16.3 Å². The topological polar surface area (TPSA) is 84.5 Å². The number of hydrogen-bond donors (Lipinski definition) is 2. The van der Waals surface area contributed by atoms with E-state index in [1.54, 1.807) is 43.3 Å². The number of nitrogens with one attached hydrogen (secondary N) is 2. The molecule has 0 spiro atoms. The van der Waals surface area contributed by atoms with Crippen LogP contribution in [0.4, 0.5) is 18.9 Å². The van der Waals surface area contributed by atoms with E-state index in [1.165, 1.54) is 19.2 Å². The number of benzene rings is 3. The van der Waals surface area contributed by atoms with Crippen molar-refractivity contribution < 1.29 is 31.1 Å². The van der Waals surface area contributed by atoms with Crippen molar-refractivity contribution in [2.75, 3.05) is 12.4 Å². The molecule has 6 nitrogen and oxygen atoms in total. The molecule has 0 unspecified atom stereocenters. The van der Waals surface area contributed by atoms with Gasteiger partial charge in [-0.25, -0.2) is 8.42 Å². The summed E-state index contributed by atoms with van der Waals surface area (Å²) in [6.07, 6.45) is -4.73. The van der Waals surface area contributed by atoms with Gasteiger partial charge in [0.05, 0.1) is 23.4 Å². The van der Waals surface area contributed by atoms with Gasteiger partial charge in [-0.2, -0.15) is 17.9 Å². The number of ether oxygens (including phenoxy) is 1. The minimum Gasteiger partial charge on any atom is -0.495 e. The number of anilines is 1. The molecule has 35 heavy (non-hydrogen) atoms. The van der Waals surface area contributed by atoms with Crippen molar-refractivity contribution in [3.63, 3.8) is 0 Å². The third kappa shape index (κ3) is 6.74. The predicted molar refractivity (Wildman–Crippen MR) is 127 cm³/mol. The Labute approximate surface area is 206 Å². The number of hydrogen-bond acceptors (Lipinski definition) is 4. The maximum atomic E-state index is 13.2. The Hall–Kier alpha value is -3.08. The highest BCUT2D eigenvalue weighted by Gasteiger charge is 2.32. The average molecular weight is 527 g/mol. The number of amides is 1. The fraction of sp³-hybridized carbons (Fsp3) is 0.208. The maximum absolute atomic E-state index is 13.2. The van der Waals surface area contributed by atoms with Crippen molar-refractivity contribution in [2.24, 2.45) is 0 Å². The standard InChI is InChI=1S/C24H22ClF3N2O4S/c1-15-8-11-21(34-2)22(12-15)35(32,33)30-20(13-16-6-4-3-5-7-16)23(31)29-19-14-17(24(26,27)28)9-10-18(19)25/h3-12,14,20,30H,13H2,1-2H3,(H,29,31)/t20-/m0/s1. The molecule has 11 heteroatoms. The second-order valence-electron chi connectivity index (χ2n) is 7.70. The molecule has 1 atom stereocenters. The van der Waals surface area contributed by atoms with Crippen LogP contribution in [-0.4, -0.2) is 27.5 Å². The number of alkyl halides is 3. The summed E-state index contributed by atoms with van der Waals surface area (Å²) in [6.45, 7) is 1.70. The van der Waals surface area contributed by atoms with Gasteiger partial charge in [-0.05, 0) is 54.8 Å². The first-order valence-corrected chi connectivity index (χ1v) is 12.2. The van der Waals surface area contributed by atoms with Crippen molar-refractivity contribution in [1.82, 2.24) is 4.72 Å². The minimum atomic E-state index is -4.66. The highest BCUT2D eigenvalue weighted by Crippen LogP contribution is 2.34. The van der Waals surface area contributed by atoms with Crippen molar-refractivity contribution in [2.45, 2.75) is 30.5 Å². The van der Waals surface area contributed by atoms with Gasteiger partial charge in [-0.3, -0.25) is 4.79 Å². The molecule has 0 aliphatic rings. The van der Waals surface area contributed by atoms with E-state index >= 15 is 0 Å². The Bertz CT molecular complexity index is 1320. The molecular formula is C24H22ClF3N2O4S. The summed E-state index contributed by atoms with van der Waals surface area (Å²) in [5, 5.41) is 2.20. The van der Waals surface area contributed by atoms with Gasteiger partial charge in [0.2, 0.25) is 15.9 Å². The summed E-state index contributed by atoms with van der Waals surface area (Å²) in [5.74, 6) is -0.812. The van der Waals surface area contributed by atoms with Crippen LogP contribution in [0, 0.1) is 6.92 Å². The smallest absolute Gasteiger partial charge is 0.416 e. The van der Waals surface area contributed by atoms with Crippen LogP contribution in [0.3, 0.4) is 0 Å². The molecule has 3 aromatic rings. The highest BCUT2D eigenvalue weighted by atomic mass is 35.5. The molecule has 0 saturated carbocycles. The largest absolute Gasteiger partial charge is 0.495 e. The average Bonchev–Trinajstić information content (AvgIpc) is 2.80. The summed E-state index contributed by atoms with van der Waals surface area (Å²) in [5.41, 5.74) is -0.0357. The van der Waals surface area contributed by atoms with Crippen molar-refractivity contribution in [1.29, 1.82) is 0 Å². The fourth-order valence-corrected chi connectivity index (χ4v) is 4.91. The number of carbonyl (C=O) groups is 1. The number of rotatable bonds is 8. The third-order valence-corrected chi connectivity index (χ3v) is 6.88. The molecule has 186 valence electrons. The van der Waals surface area contributed by atoms with Gasteiger partial charge in [0.15, 0.2) is 0 Å². The first-order chi connectivity index (χ1) is 16.4. The molecule has 0 heterocycles. The zero-order valence-corrected chi connectivity index (χ0v) is 20.3. The second kappa shape index (κ2) is 10.7. The molecule has 3 aromatic carbocycles. The van der Waals surface area contributed by atoms with Crippen LogP contribution in [0.25, 0.3) is 0 Å². The molecule has 1 amide bonds. The van der Waals surface area contributed by atoms with Gasteiger partial charge < -0.3 is 10.1 Å². The van der Waals surface area contributed by atoms with Gasteiger partial charge >= 0.3 is 6.18 Å². The normalized spacial score (nSPS) is 12.7. The Morgan fingerprint density at radius 3 is 2.37 bits per heavy atom. The quantitative estimate of drug-likeness (QED) is 0.422. The van der Waals surface area contributed by atoms with Gasteiger partial charge in [-0.15, -0.1) is 0 Å². The van der Waals surface area contributed by atoms with Crippen LogP contribution >= 0.6 is 11.6 Å². The zero-order valence-electron chi connectivity index (χ0n) is 18.7. The fourth-order valence-electron chi connectivity index (χ4n) is 3.30. The number of aryl methyl sites for hydroxylation is 1. The van der Waals surface area contributed by atoms with E-state index in [0.29, 0.717) is 17.2 Å². The van der Waals surface area contributed by atoms with E-state index in [9.17, 15) is 26.4 Å². The number of carbonyl (C=O) groups excluding carboxylic acids is 1. The van der Waals surface area contributed by atoms with E-state index in [2.05, 4.69) is 10.0 Å². The summed E-state index contributed by atoms with van der Waals surface area (Å²) in [7, 11) is -2.96. The SMILES string of the molecule is COc1ccc(C)cc1S(=O)(=O)N[C@@H](Cc1ccccc1)C(=O)Nc1cc(C(F)(F)F)ccc1Cl. The maximum Gasteiger partial charge on any atom is 0.416 e. The zero-order chi connectivity index (χ0) is 25.8. The second-order valence-corrected chi connectivity index (χ2v) is 9.79. The van der Waals surface area contributed by atoms with Gasteiger partial charge in [0, 0.05) is 0 Å².